The van der Waals surface area contributed by atoms with Crippen molar-refractivity contribution in [2.24, 2.45) is 5.73 Å². The first kappa shape index (κ1) is 19.5. The lowest BCUT2D eigenvalue weighted by Gasteiger charge is -2.37. The van der Waals surface area contributed by atoms with Gasteiger partial charge in [-0.2, -0.15) is 0 Å². The summed E-state index contributed by atoms with van der Waals surface area (Å²) < 4.78 is 0. The van der Waals surface area contributed by atoms with Crippen LogP contribution in [0.4, 0.5) is 5.82 Å². The summed E-state index contributed by atoms with van der Waals surface area (Å²) in [6, 6.07) is 6.95. The molecular weight excluding hydrogens is 394 g/mol. The van der Waals surface area contributed by atoms with E-state index in [1.165, 1.54) is 5.56 Å². The first-order valence-corrected chi connectivity index (χ1v) is 10.9. The first-order chi connectivity index (χ1) is 13.5. The topological polar surface area (TPSA) is 75.4 Å². The van der Waals surface area contributed by atoms with E-state index in [2.05, 4.69) is 21.8 Å². The summed E-state index contributed by atoms with van der Waals surface area (Å²) in [5.41, 5.74) is 9.62. The fraction of sp³-hybridized carbons (Fsp3) is 0.450. The van der Waals surface area contributed by atoms with Gasteiger partial charge in [0.25, 0.3) is 0 Å². The van der Waals surface area contributed by atoms with Crippen molar-refractivity contribution in [2.45, 2.75) is 30.4 Å². The third kappa shape index (κ3) is 3.97. The average Bonchev–Trinajstić information content (AvgIpc) is 3.10. The summed E-state index contributed by atoms with van der Waals surface area (Å²) in [5, 5.41) is 1.10. The lowest BCUT2D eigenvalue weighted by molar-refractivity contribution is -0.132. The highest BCUT2D eigenvalue weighted by Gasteiger charge is 2.30. The standard InChI is InChI=1S/C20H24ClN5OS/c1-13-18-17(11-28-13)23-12-24-19(18)25-6-8-26(9-7-25)20(27)16(22)10-14-2-4-15(21)5-3-14/h2-5,12-13,16H,6-11,22H2,1H3. The van der Waals surface area contributed by atoms with Crippen LogP contribution in [0.2, 0.25) is 5.02 Å². The van der Waals surface area contributed by atoms with E-state index < -0.39 is 6.04 Å². The van der Waals surface area contributed by atoms with E-state index in [0.717, 1.165) is 35.9 Å². The van der Waals surface area contributed by atoms with Crippen LogP contribution in [0.3, 0.4) is 0 Å². The number of thioether (sulfide) groups is 1. The molecule has 0 aliphatic carbocycles. The van der Waals surface area contributed by atoms with Gasteiger partial charge in [-0.25, -0.2) is 9.97 Å². The van der Waals surface area contributed by atoms with Crippen molar-refractivity contribution in [3.05, 3.63) is 52.4 Å². The zero-order valence-corrected chi connectivity index (χ0v) is 17.4. The number of halogens is 1. The number of nitrogens with zero attached hydrogens (tertiary/aromatic N) is 4. The number of nitrogens with two attached hydrogens (primary N) is 1. The molecule has 2 atom stereocenters. The largest absolute Gasteiger partial charge is 0.353 e. The zero-order valence-electron chi connectivity index (χ0n) is 15.8. The predicted molar refractivity (Wildman–Crippen MR) is 114 cm³/mol. The Kier molecular flexibility index (Phi) is 5.75. The van der Waals surface area contributed by atoms with Crippen molar-refractivity contribution >= 4 is 35.1 Å². The zero-order chi connectivity index (χ0) is 19.7. The summed E-state index contributed by atoms with van der Waals surface area (Å²) in [7, 11) is 0. The monoisotopic (exact) mass is 417 g/mol. The molecule has 28 heavy (non-hydrogen) atoms. The van der Waals surface area contributed by atoms with Gasteiger partial charge in [-0.3, -0.25) is 4.79 Å². The molecule has 4 rings (SSSR count). The van der Waals surface area contributed by atoms with Gasteiger partial charge in [0.2, 0.25) is 5.91 Å². The van der Waals surface area contributed by atoms with Crippen LogP contribution in [-0.4, -0.2) is 53.0 Å². The fourth-order valence-electron chi connectivity index (χ4n) is 3.83. The number of rotatable bonds is 4. The normalized spacial score (nSPS) is 20.2. The highest BCUT2D eigenvalue weighted by atomic mass is 35.5. The van der Waals surface area contributed by atoms with Crippen LogP contribution in [-0.2, 0) is 17.0 Å². The highest BCUT2D eigenvalue weighted by molar-refractivity contribution is 7.99. The maximum absolute atomic E-state index is 12.8. The van der Waals surface area contributed by atoms with E-state index >= 15 is 0 Å². The van der Waals surface area contributed by atoms with Crippen molar-refractivity contribution in [3.8, 4) is 0 Å². The lowest BCUT2D eigenvalue weighted by Crippen LogP contribution is -2.54. The molecule has 2 aromatic rings. The highest BCUT2D eigenvalue weighted by Crippen LogP contribution is 2.44. The molecule has 0 radical (unpaired) electrons. The summed E-state index contributed by atoms with van der Waals surface area (Å²) in [5.74, 6) is 1.98. The second kappa shape index (κ2) is 8.27. The van der Waals surface area contributed by atoms with E-state index in [9.17, 15) is 4.79 Å². The van der Waals surface area contributed by atoms with E-state index in [1.807, 2.05) is 40.9 Å². The molecule has 2 N–H and O–H groups in total. The summed E-state index contributed by atoms with van der Waals surface area (Å²) in [6.45, 7) is 5.06. The molecule has 3 heterocycles. The van der Waals surface area contributed by atoms with Gasteiger partial charge in [0, 0.05) is 47.8 Å². The number of aromatic nitrogens is 2. The lowest BCUT2D eigenvalue weighted by atomic mass is 10.1. The Morgan fingerprint density at radius 2 is 1.96 bits per heavy atom. The Morgan fingerprint density at radius 3 is 2.68 bits per heavy atom. The molecule has 1 fully saturated rings. The Hall–Kier alpha value is -1.83. The molecule has 8 heteroatoms. The minimum atomic E-state index is -0.535. The van der Waals surface area contributed by atoms with Gasteiger partial charge in [-0.15, -0.1) is 11.8 Å². The van der Waals surface area contributed by atoms with Crippen LogP contribution < -0.4 is 10.6 Å². The van der Waals surface area contributed by atoms with Gasteiger partial charge in [0.1, 0.15) is 12.1 Å². The number of hydrogen-bond donors (Lipinski definition) is 1. The van der Waals surface area contributed by atoms with Crippen LogP contribution in [0.25, 0.3) is 0 Å². The van der Waals surface area contributed by atoms with Crippen LogP contribution in [0.5, 0.6) is 0 Å². The molecule has 0 saturated carbocycles. The van der Waals surface area contributed by atoms with E-state index in [-0.39, 0.29) is 5.91 Å². The average molecular weight is 418 g/mol. The number of carbonyl (C=O) groups is 1. The van der Waals surface area contributed by atoms with Crippen LogP contribution in [0.15, 0.2) is 30.6 Å². The third-order valence-electron chi connectivity index (χ3n) is 5.40. The summed E-state index contributed by atoms with van der Waals surface area (Å²) >= 11 is 7.82. The summed E-state index contributed by atoms with van der Waals surface area (Å²) in [6.07, 6.45) is 2.18. The molecule has 0 bridgehead atoms. The van der Waals surface area contributed by atoms with E-state index in [4.69, 9.17) is 17.3 Å². The van der Waals surface area contributed by atoms with Gasteiger partial charge in [-0.05, 0) is 31.0 Å². The molecule has 0 spiro atoms. The third-order valence-corrected chi connectivity index (χ3v) is 6.83. The smallest absolute Gasteiger partial charge is 0.239 e. The molecule has 1 aromatic heterocycles. The quantitative estimate of drug-likeness (QED) is 0.824. The number of anilines is 1. The minimum absolute atomic E-state index is 0.00596. The van der Waals surface area contributed by atoms with Crippen molar-refractivity contribution < 1.29 is 4.79 Å². The van der Waals surface area contributed by atoms with Gasteiger partial charge in [-0.1, -0.05) is 23.7 Å². The van der Waals surface area contributed by atoms with E-state index in [0.29, 0.717) is 29.8 Å². The second-order valence-corrected chi connectivity index (χ2v) is 9.03. The predicted octanol–water partition coefficient (Wildman–Crippen LogP) is 2.66. The second-order valence-electron chi connectivity index (χ2n) is 7.26. The molecule has 1 aromatic carbocycles. The van der Waals surface area contributed by atoms with Crippen molar-refractivity contribution in [1.29, 1.82) is 0 Å². The minimum Gasteiger partial charge on any atom is -0.353 e. The molecule has 2 aliphatic rings. The Balaban J connectivity index is 1.37. The molecule has 1 amide bonds. The number of amides is 1. The summed E-state index contributed by atoms with van der Waals surface area (Å²) in [4.78, 5) is 25.9. The molecule has 2 aliphatic heterocycles. The number of piperazine rings is 1. The number of hydrogen-bond acceptors (Lipinski definition) is 6. The Labute approximate surface area is 174 Å². The molecule has 2 unspecified atom stereocenters. The number of fused-ring (bicyclic) bond motifs is 1. The van der Waals surface area contributed by atoms with Crippen LogP contribution >= 0.6 is 23.4 Å². The van der Waals surface area contributed by atoms with Gasteiger partial charge < -0.3 is 15.5 Å². The Bertz CT molecular complexity index is 854. The van der Waals surface area contributed by atoms with E-state index in [1.54, 1.807) is 6.33 Å². The Morgan fingerprint density at radius 1 is 1.25 bits per heavy atom. The molecule has 6 nitrogen and oxygen atoms in total. The van der Waals surface area contributed by atoms with Crippen LogP contribution in [0.1, 0.15) is 29.0 Å². The maximum atomic E-state index is 12.8. The first-order valence-electron chi connectivity index (χ1n) is 9.52. The number of benzene rings is 1. The molecule has 148 valence electrons. The van der Waals surface area contributed by atoms with Gasteiger partial charge in [0.05, 0.1) is 11.7 Å². The molecule has 1 saturated heterocycles. The number of carbonyl (C=O) groups excluding carboxylic acids is 1. The SMILES string of the molecule is CC1SCc2ncnc(N3CCN(C(=O)C(N)Cc4ccc(Cl)cc4)CC3)c21. The van der Waals surface area contributed by atoms with Gasteiger partial charge in [0.15, 0.2) is 0 Å². The van der Waals surface area contributed by atoms with Crippen molar-refractivity contribution in [2.75, 3.05) is 31.1 Å². The van der Waals surface area contributed by atoms with Gasteiger partial charge >= 0.3 is 0 Å². The van der Waals surface area contributed by atoms with Crippen LogP contribution in [0, 0.1) is 0 Å². The van der Waals surface area contributed by atoms with Crippen molar-refractivity contribution in [3.63, 3.8) is 0 Å². The van der Waals surface area contributed by atoms with Crippen molar-refractivity contribution in [1.82, 2.24) is 14.9 Å². The fourth-order valence-corrected chi connectivity index (χ4v) is 5.00. The molecular formula is C20H24ClN5OS. The maximum Gasteiger partial charge on any atom is 0.239 e.